The third kappa shape index (κ3) is 3.20. The Morgan fingerprint density at radius 2 is 2.30 bits per heavy atom. The Bertz CT molecular complexity index is 470. The molecule has 1 saturated heterocycles. The van der Waals surface area contributed by atoms with Crippen LogP contribution in [0.1, 0.15) is 37.6 Å². The maximum Gasteiger partial charge on any atom is 0.225 e. The summed E-state index contributed by atoms with van der Waals surface area (Å²) in [6.07, 6.45) is 1.09. The maximum absolute atomic E-state index is 12.4. The smallest absolute Gasteiger partial charge is 0.225 e. The molecule has 2 atom stereocenters. The molecule has 20 heavy (non-hydrogen) atoms. The highest BCUT2D eigenvalue weighted by molar-refractivity contribution is 7.10. The second kappa shape index (κ2) is 6.39. The highest BCUT2D eigenvalue weighted by atomic mass is 32.1. The van der Waals surface area contributed by atoms with Crippen molar-refractivity contribution in [1.29, 1.82) is 0 Å². The molecule has 2 heterocycles. The number of rotatable bonds is 4. The van der Waals surface area contributed by atoms with Crippen LogP contribution in [0.15, 0.2) is 17.5 Å². The number of piperidine rings is 1. The van der Waals surface area contributed by atoms with E-state index in [1.54, 1.807) is 23.3 Å². The van der Waals surface area contributed by atoms with Crippen LogP contribution in [0.25, 0.3) is 0 Å². The maximum atomic E-state index is 12.4. The van der Waals surface area contributed by atoms with Gasteiger partial charge in [-0.3, -0.25) is 9.59 Å². The first-order chi connectivity index (χ1) is 9.50. The summed E-state index contributed by atoms with van der Waals surface area (Å²) in [5.74, 6) is 0.477. The van der Waals surface area contributed by atoms with Gasteiger partial charge in [-0.2, -0.15) is 0 Å². The number of nitrogens with zero attached hydrogens (tertiary/aromatic N) is 1. The molecule has 1 aliphatic rings. The Hall–Kier alpha value is -1.36. The lowest BCUT2D eigenvalue weighted by molar-refractivity contribution is -0.141. The van der Waals surface area contributed by atoms with Gasteiger partial charge in [0.25, 0.3) is 0 Å². The quantitative estimate of drug-likeness (QED) is 0.927. The largest absolute Gasteiger partial charge is 0.356 e. The molecule has 5 heteroatoms. The second-order valence-corrected chi connectivity index (χ2v) is 6.73. The van der Waals surface area contributed by atoms with Gasteiger partial charge in [-0.05, 0) is 23.8 Å². The van der Waals surface area contributed by atoms with E-state index in [4.69, 9.17) is 0 Å². The predicted octanol–water partition coefficient (Wildman–Crippen LogP) is 2.43. The summed E-state index contributed by atoms with van der Waals surface area (Å²) in [5.41, 5.74) is 0. The van der Waals surface area contributed by atoms with Crippen molar-refractivity contribution in [3.05, 3.63) is 22.4 Å². The van der Waals surface area contributed by atoms with E-state index >= 15 is 0 Å². The average molecular weight is 294 g/mol. The third-order valence-corrected chi connectivity index (χ3v) is 4.66. The summed E-state index contributed by atoms with van der Waals surface area (Å²) in [6, 6.07) is 3.85. The monoisotopic (exact) mass is 294 g/mol. The van der Waals surface area contributed by atoms with Gasteiger partial charge in [-0.15, -0.1) is 11.3 Å². The minimum absolute atomic E-state index is 0.0662. The molecule has 0 radical (unpaired) electrons. The number of carbonyl (C=O) groups is 2. The van der Waals surface area contributed by atoms with E-state index in [0.717, 1.165) is 4.88 Å². The topological polar surface area (TPSA) is 49.4 Å². The van der Waals surface area contributed by atoms with Crippen LogP contribution in [0.5, 0.6) is 0 Å². The molecule has 0 aliphatic carbocycles. The average Bonchev–Trinajstić information content (AvgIpc) is 2.92. The summed E-state index contributed by atoms with van der Waals surface area (Å²) in [4.78, 5) is 27.2. The SMILES string of the molecule is CC(C)CNC(=O)[C@H]1CCC(=O)N(C)[C@@H]1c1cccs1. The molecule has 110 valence electrons. The predicted molar refractivity (Wildman–Crippen MR) is 80.4 cm³/mol. The Morgan fingerprint density at radius 3 is 2.90 bits per heavy atom. The number of amides is 2. The van der Waals surface area contributed by atoms with Crippen LogP contribution >= 0.6 is 11.3 Å². The molecule has 0 saturated carbocycles. The Labute approximate surface area is 124 Å². The minimum atomic E-state index is -0.143. The summed E-state index contributed by atoms with van der Waals surface area (Å²) in [5, 5.41) is 5.00. The van der Waals surface area contributed by atoms with Gasteiger partial charge in [0.1, 0.15) is 0 Å². The van der Waals surface area contributed by atoms with Crippen molar-refractivity contribution in [3.63, 3.8) is 0 Å². The van der Waals surface area contributed by atoms with Crippen molar-refractivity contribution in [1.82, 2.24) is 10.2 Å². The van der Waals surface area contributed by atoms with E-state index in [2.05, 4.69) is 19.2 Å². The molecule has 1 fully saturated rings. The number of hydrogen-bond acceptors (Lipinski definition) is 3. The zero-order chi connectivity index (χ0) is 14.7. The first-order valence-electron chi connectivity index (χ1n) is 7.07. The summed E-state index contributed by atoms with van der Waals surface area (Å²) in [6.45, 7) is 4.84. The molecule has 1 aliphatic heterocycles. The van der Waals surface area contributed by atoms with Gasteiger partial charge in [-0.25, -0.2) is 0 Å². The summed E-state index contributed by atoms with van der Waals surface area (Å²) in [7, 11) is 1.80. The van der Waals surface area contributed by atoms with Gasteiger partial charge in [-0.1, -0.05) is 19.9 Å². The van der Waals surface area contributed by atoms with Crippen LogP contribution in [0.4, 0.5) is 0 Å². The molecule has 0 bridgehead atoms. The van der Waals surface area contributed by atoms with Crippen LogP contribution in [0.2, 0.25) is 0 Å². The fourth-order valence-corrected chi connectivity index (χ4v) is 3.53. The molecular formula is C15H22N2O2S. The van der Waals surface area contributed by atoms with Crippen LogP contribution in [0.3, 0.4) is 0 Å². The van der Waals surface area contributed by atoms with E-state index < -0.39 is 0 Å². The Kier molecular flexibility index (Phi) is 4.81. The molecule has 2 rings (SSSR count). The van der Waals surface area contributed by atoms with Crippen molar-refractivity contribution >= 4 is 23.2 Å². The molecule has 0 unspecified atom stereocenters. The van der Waals surface area contributed by atoms with E-state index in [-0.39, 0.29) is 23.8 Å². The van der Waals surface area contributed by atoms with Gasteiger partial charge in [0.2, 0.25) is 11.8 Å². The zero-order valence-corrected chi connectivity index (χ0v) is 13.1. The molecule has 1 N–H and O–H groups in total. The van der Waals surface area contributed by atoms with E-state index in [1.165, 1.54) is 0 Å². The van der Waals surface area contributed by atoms with Crippen molar-refractivity contribution in [2.24, 2.45) is 11.8 Å². The van der Waals surface area contributed by atoms with Crippen LogP contribution in [-0.4, -0.2) is 30.3 Å². The van der Waals surface area contributed by atoms with Gasteiger partial charge in [0.15, 0.2) is 0 Å². The molecule has 2 amide bonds. The molecule has 1 aromatic rings. The van der Waals surface area contributed by atoms with E-state index in [9.17, 15) is 9.59 Å². The van der Waals surface area contributed by atoms with Gasteiger partial charge < -0.3 is 10.2 Å². The van der Waals surface area contributed by atoms with Crippen LogP contribution in [0, 0.1) is 11.8 Å². The lowest BCUT2D eigenvalue weighted by Gasteiger charge is -2.37. The molecular weight excluding hydrogens is 272 g/mol. The second-order valence-electron chi connectivity index (χ2n) is 5.75. The lowest BCUT2D eigenvalue weighted by atomic mass is 9.87. The van der Waals surface area contributed by atoms with Crippen molar-refractivity contribution in [2.75, 3.05) is 13.6 Å². The highest BCUT2D eigenvalue weighted by Crippen LogP contribution is 2.37. The fourth-order valence-electron chi connectivity index (χ4n) is 2.60. The minimum Gasteiger partial charge on any atom is -0.356 e. The molecule has 4 nitrogen and oxygen atoms in total. The number of carbonyl (C=O) groups excluding carboxylic acids is 2. The van der Waals surface area contributed by atoms with Crippen molar-refractivity contribution in [2.45, 2.75) is 32.7 Å². The van der Waals surface area contributed by atoms with Gasteiger partial charge in [0, 0.05) is 24.9 Å². The van der Waals surface area contributed by atoms with Crippen molar-refractivity contribution < 1.29 is 9.59 Å². The summed E-state index contributed by atoms with van der Waals surface area (Å²) < 4.78 is 0. The first-order valence-corrected chi connectivity index (χ1v) is 7.95. The Balaban J connectivity index is 2.16. The number of likely N-dealkylation sites (tertiary alicyclic amines) is 1. The zero-order valence-electron chi connectivity index (χ0n) is 12.3. The van der Waals surface area contributed by atoms with Gasteiger partial charge in [0.05, 0.1) is 12.0 Å². The van der Waals surface area contributed by atoms with Crippen LogP contribution in [-0.2, 0) is 9.59 Å². The summed E-state index contributed by atoms with van der Waals surface area (Å²) >= 11 is 1.61. The van der Waals surface area contributed by atoms with E-state index in [1.807, 2.05) is 17.5 Å². The number of thiophene rings is 1. The number of nitrogens with one attached hydrogen (secondary N) is 1. The van der Waals surface area contributed by atoms with Crippen molar-refractivity contribution in [3.8, 4) is 0 Å². The molecule has 0 aromatic carbocycles. The lowest BCUT2D eigenvalue weighted by Crippen LogP contribution is -2.46. The van der Waals surface area contributed by atoms with Gasteiger partial charge >= 0.3 is 0 Å². The Morgan fingerprint density at radius 1 is 1.55 bits per heavy atom. The first kappa shape index (κ1) is 15.0. The molecule has 1 aromatic heterocycles. The fraction of sp³-hybridized carbons (Fsp3) is 0.600. The standard InChI is InChI=1S/C15H22N2O2S/c1-10(2)9-16-15(19)11-6-7-13(18)17(3)14(11)12-5-4-8-20-12/h4-5,8,10-11,14H,6-7,9H2,1-3H3,(H,16,19)/t11-,14-/m0/s1. The normalized spacial score (nSPS) is 23.2. The van der Waals surface area contributed by atoms with E-state index in [0.29, 0.717) is 25.3 Å². The number of hydrogen-bond donors (Lipinski definition) is 1. The third-order valence-electron chi connectivity index (χ3n) is 3.72. The molecule has 0 spiro atoms. The van der Waals surface area contributed by atoms with Crippen LogP contribution < -0.4 is 5.32 Å². The highest BCUT2D eigenvalue weighted by Gasteiger charge is 2.39.